The zero-order chi connectivity index (χ0) is 13.8. The summed E-state index contributed by atoms with van der Waals surface area (Å²) < 4.78 is 5.50. The van der Waals surface area contributed by atoms with Crippen LogP contribution in [0.25, 0.3) is 0 Å². The zero-order valence-corrected chi connectivity index (χ0v) is 10.7. The molecule has 2 rings (SSSR count). The molecule has 0 aliphatic carbocycles. The summed E-state index contributed by atoms with van der Waals surface area (Å²) in [7, 11) is 0. The number of aromatic carboxylic acids is 1. The Labute approximate surface area is 111 Å². The van der Waals surface area contributed by atoms with E-state index >= 15 is 0 Å². The fourth-order valence-corrected chi connectivity index (χ4v) is 2.01. The fourth-order valence-electron chi connectivity index (χ4n) is 2.01. The number of carbonyl (C=O) groups is 2. The van der Waals surface area contributed by atoms with Gasteiger partial charge in [0.1, 0.15) is 5.69 Å². The molecule has 19 heavy (non-hydrogen) atoms. The summed E-state index contributed by atoms with van der Waals surface area (Å²) in [5.41, 5.74) is 0.232. The van der Waals surface area contributed by atoms with Gasteiger partial charge in [-0.25, -0.2) is 9.78 Å². The third-order valence-electron chi connectivity index (χ3n) is 3.11. The maximum absolute atomic E-state index is 12.3. The van der Waals surface area contributed by atoms with Crippen LogP contribution in [0.4, 0.5) is 0 Å². The van der Waals surface area contributed by atoms with Crippen LogP contribution in [0.15, 0.2) is 18.3 Å². The molecule has 0 saturated carbocycles. The van der Waals surface area contributed by atoms with E-state index in [4.69, 9.17) is 9.84 Å². The Balaban J connectivity index is 2.14. The number of morpholine rings is 1. The summed E-state index contributed by atoms with van der Waals surface area (Å²) in [5.74, 6) is -1.31. The lowest BCUT2D eigenvalue weighted by Gasteiger charge is -2.32. The molecule has 0 radical (unpaired) electrons. The Bertz CT molecular complexity index is 489. The van der Waals surface area contributed by atoms with Crippen LogP contribution in [-0.4, -0.2) is 52.7 Å². The molecule has 2 heterocycles. The van der Waals surface area contributed by atoms with Gasteiger partial charge >= 0.3 is 5.97 Å². The largest absolute Gasteiger partial charge is 0.477 e. The predicted octanol–water partition coefficient (Wildman–Crippen LogP) is 1.03. The average molecular weight is 264 g/mol. The highest BCUT2D eigenvalue weighted by atomic mass is 16.5. The summed E-state index contributed by atoms with van der Waals surface area (Å²) in [4.78, 5) is 28.5. The molecule has 1 atom stereocenters. The SMILES string of the molecule is CCC1CN(C(=O)c2ccnc(C(=O)O)c2)CCO1. The first-order chi connectivity index (χ1) is 9.11. The number of pyridine rings is 1. The summed E-state index contributed by atoms with van der Waals surface area (Å²) >= 11 is 0. The summed E-state index contributed by atoms with van der Waals surface area (Å²) in [6.45, 7) is 3.59. The van der Waals surface area contributed by atoms with Gasteiger partial charge in [0, 0.05) is 24.8 Å². The second-order valence-corrected chi connectivity index (χ2v) is 4.39. The number of nitrogens with zero attached hydrogens (tertiary/aromatic N) is 2. The molecule has 1 N–H and O–H groups in total. The normalized spacial score (nSPS) is 19.2. The molecule has 1 saturated heterocycles. The van der Waals surface area contributed by atoms with Crippen LogP contribution in [0.2, 0.25) is 0 Å². The lowest BCUT2D eigenvalue weighted by atomic mass is 10.1. The van der Waals surface area contributed by atoms with E-state index < -0.39 is 5.97 Å². The van der Waals surface area contributed by atoms with Crippen molar-refractivity contribution in [1.29, 1.82) is 0 Å². The molecular formula is C13H16N2O4. The van der Waals surface area contributed by atoms with Crippen LogP contribution < -0.4 is 0 Å². The van der Waals surface area contributed by atoms with Crippen molar-refractivity contribution in [2.75, 3.05) is 19.7 Å². The number of amides is 1. The van der Waals surface area contributed by atoms with E-state index in [0.29, 0.717) is 25.3 Å². The average Bonchev–Trinajstić information content (AvgIpc) is 2.46. The quantitative estimate of drug-likeness (QED) is 0.882. The number of hydrogen-bond donors (Lipinski definition) is 1. The van der Waals surface area contributed by atoms with Crippen LogP contribution in [0.1, 0.15) is 34.2 Å². The van der Waals surface area contributed by atoms with Gasteiger partial charge < -0.3 is 14.7 Å². The number of carboxylic acids is 1. The minimum atomic E-state index is -1.14. The van der Waals surface area contributed by atoms with Crippen LogP contribution in [0, 0.1) is 0 Å². The van der Waals surface area contributed by atoms with Crippen molar-refractivity contribution in [2.24, 2.45) is 0 Å². The summed E-state index contributed by atoms with van der Waals surface area (Å²) in [6, 6.07) is 2.84. The number of aromatic nitrogens is 1. The maximum Gasteiger partial charge on any atom is 0.354 e. The van der Waals surface area contributed by atoms with Gasteiger partial charge in [0.05, 0.1) is 12.7 Å². The molecule has 1 aliphatic rings. The Kier molecular flexibility index (Phi) is 4.11. The van der Waals surface area contributed by atoms with Crippen LogP contribution >= 0.6 is 0 Å². The van der Waals surface area contributed by atoms with Gasteiger partial charge in [0.15, 0.2) is 0 Å². The monoisotopic (exact) mass is 264 g/mol. The maximum atomic E-state index is 12.3. The first kappa shape index (κ1) is 13.5. The molecule has 6 heteroatoms. The summed E-state index contributed by atoms with van der Waals surface area (Å²) in [5, 5.41) is 8.87. The van der Waals surface area contributed by atoms with Gasteiger partial charge in [0.2, 0.25) is 0 Å². The van der Waals surface area contributed by atoms with Crippen LogP contribution in [-0.2, 0) is 4.74 Å². The first-order valence-corrected chi connectivity index (χ1v) is 6.22. The predicted molar refractivity (Wildman–Crippen MR) is 67.1 cm³/mol. The zero-order valence-electron chi connectivity index (χ0n) is 10.7. The van der Waals surface area contributed by atoms with Gasteiger partial charge in [-0.3, -0.25) is 4.79 Å². The van der Waals surface area contributed by atoms with Crippen LogP contribution in [0.5, 0.6) is 0 Å². The third-order valence-corrected chi connectivity index (χ3v) is 3.11. The van der Waals surface area contributed by atoms with E-state index in [1.54, 1.807) is 4.90 Å². The van der Waals surface area contributed by atoms with E-state index in [1.807, 2.05) is 6.92 Å². The second kappa shape index (κ2) is 5.79. The molecule has 1 amide bonds. The highest BCUT2D eigenvalue weighted by Gasteiger charge is 2.24. The number of ether oxygens (including phenoxy) is 1. The van der Waals surface area contributed by atoms with Crippen molar-refractivity contribution in [1.82, 2.24) is 9.88 Å². The molecule has 0 bridgehead atoms. The number of carboxylic acid groups (broad SMARTS) is 1. The van der Waals surface area contributed by atoms with Crippen molar-refractivity contribution < 1.29 is 19.4 Å². The van der Waals surface area contributed by atoms with Crippen molar-refractivity contribution in [2.45, 2.75) is 19.4 Å². The van der Waals surface area contributed by atoms with Crippen LogP contribution in [0.3, 0.4) is 0 Å². The lowest BCUT2D eigenvalue weighted by molar-refractivity contribution is -0.0226. The van der Waals surface area contributed by atoms with E-state index in [1.165, 1.54) is 18.3 Å². The number of carbonyl (C=O) groups excluding carboxylic acids is 1. The van der Waals surface area contributed by atoms with E-state index in [0.717, 1.165) is 6.42 Å². The Hall–Kier alpha value is -1.95. The third kappa shape index (κ3) is 3.08. The molecular weight excluding hydrogens is 248 g/mol. The van der Waals surface area contributed by atoms with E-state index in [9.17, 15) is 9.59 Å². The molecule has 1 fully saturated rings. The molecule has 102 valence electrons. The Morgan fingerprint density at radius 2 is 2.37 bits per heavy atom. The summed E-state index contributed by atoms with van der Waals surface area (Å²) in [6.07, 6.45) is 2.24. The second-order valence-electron chi connectivity index (χ2n) is 4.39. The number of hydrogen-bond acceptors (Lipinski definition) is 4. The fraction of sp³-hybridized carbons (Fsp3) is 0.462. The van der Waals surface area contributed by atoms with Gasteiger partial charge in [-0.2, -0.15) is 0 Å². The first-order valence-electron chi connectivity index (χ1n) is 6.22. The molecule has 0 spiro atoms. The standard InChI is InChI=1S/C13H16N2O4/c1-2-10-8-15(5-6-19-10)12(16)9-3-4-14-11(7-9)13(17)18/h3-4,7,10H,2,5-6,8H2,1H3,(H,17,18). The van der Waals surface area contributed by atoms with Crippen molar-refractivity contribution in [3.63, 3.8) is 0 Å². The van der Waals surface area contributed by atoms with Gasteiger partial charge in [-0.1, -0.05) is 6.92 Å². The van der Waals surface area contributed by atoms with Crippen molar-refractivity contribution >= 4 is 11.9 Å². The topological polar surface area (TPSA) is 79.7 Å². The van der Waals surface area contributed by atoms with Gasteiger partial charge in [-0.05, 0) is 18.6 Å². The van der Waals surface area contributed by atoms with Crippen molar-refractivity contribution in [3.8, 4) is 0 Å². The highest BCUT2D eigenvalue weighted by Crippen LogP contribution is 2.13. The van der Waals surface area contributed by atoms with Gasteiger partial charge in [0.25, 0.3) is 5.91 Å². The lowest BCUT2D eigenvalue weighted by Crippen LogP contribution is -2.45. The number of rotatable bonds is 3. The van der Waals surface area contributed by atoms with E-state index in [2.05, 4.69) is 4.98 Å². The molecule has 1 aromatic rings. The molecule has 1 aromatic heterocycles. The minimum absolute atomic E-state index is 0.0541. The Morgan fingerprint density at radius 1 is 1.58 bits per heavy atom. The molecule has 6 nitrogen and oxygen atoms in total. The smallest absolute Gasteiger partial charge is 0.354 e. The minimum Gasteiger partial charge on any atom is -0.477 e. The molecule has 1 aliphatic heterocycles. The molecule has 0 aromatic carbocycles. The van der Waals surface area contributed by atoms with Gasteiger partial charge in [-0.15, -0.1) is 0 Å². The van der Waals surface area contributed by atoms with E-state index in [-0.39, 0.29) is 17.7 Å². The van der Waals surface area contributed by atoms with Crippen molar-refractivity contribution in [3.05, 3.63) is 29.6 Å². The highest BCUT2D eigenvalue weighted by molar-refractivity contribution is 5.96. The Morgan fingerprint density at radius 3 is 3.05 bits per heavy atom. The molecule has 1 unspecified atom stereocenters.